The van der Waals surface area contributed by atoms with Gasteiger partial charge in [-0.2, -0.15) is 0 Å². The number of aromatic nitrogens is 1. The SMILES string of the molecule is C/C=C(\N=C(C)c1ncccc1F)C(=O)c1cc(NC)ccc1C. The number of aryl methyl sites for hydroxylation is 1. The Morgan fingerprint density at radius 3 is 2.71 bits per heavy atom. The highest BCUT2D eigenvalue weighted by molar-refractivity contribution is 6.12. The van der Waals surface area contributed by atoms with Gasteiger partial charge in [0.15, 0.2) is 5.82 Å². The van der Waals surface area contributed by atoms with E-state index in [4.69, 9.17) is 0 Å². The molecule has 0 saturated carbocycles. The molecule has 124 valence electrons. The molecule has 1 aromatic carbocycles. The highest BCUT2D eigenvalue weighted by atomic mass is 19.1. The van der Waals surface area contributed by atoms with Crippen LogP contribution >= 0.6 is 0 Å². The van der Waals surface area contributed by atoms with Crippen LogP contribution in [0.3, 0.4) is 0 Å². The van der Waals surface area contributed by atoms with Crippen molar-refractivity contribution >= 4 is 17.2 Å². The van der Waals surface area contributed by atoms with Crippen molar-refractivity contribution in [2.75, 3.05) is 12.4 Å². The van der Waals surface area contributed by atoms with Crippen LogP contribution in [0.4, 0.5) is 10.1 Å². The molecule has 0 saturated heterocycles. The van der Waals surface area contributed by atoms with Crippen LogP contribution in [0.5, 0.6) is 0 Å². The molecule has 2 rings (SSSR count). The third-order valence-corrected chi connectivity index (χ3v) is 3.67. The van der Waals surface area contributed by atoms with Crippen molar-refractivity contribution < 1.29 is 9.18 Å². The summed E-state index contributed by atoms with van der Waals surface area (Å²) in [4.78, 5) is 21.1. The summed E-state index contributed by atoms with van der Waals surface area (Å²) in [6.07, 6.45) is 3.12. The Bertz CT molecular complexity index is 825. The number of carbonyl (C=O) groups is 1. The lowest BCUT2D eigenvalue weighted by Crippen LogP contribution is -2.09. The zero-order valence-corrected chi connectivity index (χ0v) is 14.2. The van der Waals surface area contributed by atoms with Crippen molar-refractivity contribution in [3.05, 3.63) is 70.9 Å². The topological polar surface area (TPSA) is 54.4 Å². The van der Waals surface area contributed by atoms with Gasteiger partial charge in [-0.05, 0) is 50.6 Å². The molecule has 0 aliphatic heterocycles. The predicted octanol–water partition coefficient (Wildman–Crippen LogP) is 4.17. The second kappa shape index (κ2) is 7.64. The first kappa shape index (κ1) is 17.5. The number of benzene rings is 1. The molecule has 1 N–H and O–H groups in total. The number of nitrogens with zero attached hydrogens (tertiary/aromatic N) is 2. The Morgan fingerprint density at radius 1 is 1.33 bits per heavy atom. The summed E-state index contributed by atoms with van der Waals surface area (Å²) in [5.41, 5.74) is 3.02. The van der Waals surface area contributed by atoms with Crippen LogP contribution in [0.1, 0.15) is 35.5 Å². The number of nitrogens with one attached hydrogen (secondary N) is 1. The molecule has 1 aromatic heterocycles. The molecule has 4 nitrogen and oxygen atoms in total. The summed E-state index contributed by atoms with van der Waals surface area (Å²) >= 11 is 0. The van der Waals surface area contributed by atoms with Crippen LogP contribution in [0.25, 0.3) is 0 Å². The summed E-state index contributed by atoms with van der Waals surface area (Å²) in [7, 11) is 1.79. The van der Waals surface area contributed by atoms with Gasteiger partial charge in [-0.25, -0.2) is 9.38 Å². The first-order valence-corrected chi connectivity index (χ1v) is 7.63. The molecule has 0 radical (unpaired) electrons. The van der Waals surface area contributed by atoms with Gasteiger partial charge in [-0.3, -0.25) is 9.78 Å². The lowest BCUT2D eigenvalue weighted by atomic mass is 10.0. The molecule has 0 aliphatic rings. The van der Waals surface area contributed by atoms with Crippen molar-refractivity contribution in [3.63, 3.8) is 0 Å². The second-order valence-electron chi connectivity index (χ2n) is 5.31. The van der Waals surface area contributed by atoms with Crippen LogP contribution in [0, 0.1) is 12.7 Å². The van der Waals surface area contributed by atoms with E-state index < -0.39 is 5.82 Å². The van der Waals surface area contributed by atoms with Crippen molar-refractivity contribution in [1.82, 2.24) is 4.98 Å². The fourth-order valence-corrected chi connectivity index (χ4v) is 2.29. The van der Waals surface area contributed by atoms with E-state index in [0.717, 1.165) is 11.3 Å². The molecule has 2 aromatic rings. The number of halogens is 1. The zero-order valence-electron chi connectivity index (χ0n) is 14.2. The van der Waals surface area contributed by atoms with Crippen LogP contribution in [0.2, 0.25) is 0 Å². The molecule has 0 atom stereocenters. The predicted molar refractivity (Wildman–Crippen MR) is 95.2 cm³/mol. The van der Waals surface area contributed by atoms with Gasteiger partial charge in [0.2, 0.25) is 5.78 Å². The third-order valence-electron chi connectivity index (χ3n) is 3.67. The quantitative estimate of drug-likeness (QED) is 0.510. The molecular formula is C19H20FN3O. The molecule has 0 bridgehead atoms. The Balaban J connectivity index is 2.41. The van der Waals surface area contributed by atoms with Crippen molar-refractivity contribution in [3.8, 4) is 0 Å². The minimum atomic E-state index is -0.463. The summed E-state index contributed by atoms with van der Waals surface area (Å²) in [5.74, 6) is -0.669. The molecule has 0 amide bonds. The molecule has 0 fully saturated rings. The summed E-state index contributed by atoms with van der Waals surface area (Å²) in [6, 6.07) is 8.40. The van der Waals surface area contributed by atoms with Crippen molar-refractivity contribution in [2.24, 2.45) is 4.99 Å². The fraction of sp³-hybridized carbons (Fsp3) is 0.211. The zero-order chi connectivity index (χ0) is 17.7. The number of rotatable bonds is 5. The third kappa shape index (κ3) is 3.74. The van der Waals surface area contributed by atoms with E-state index in [1.807, 2.05) is 19.1 Å². The molecular weight excluding hydrogens is 305 g/mol. The number of carbonyl (C=O) groups excluding carboxylic acids is 1. The van der Waals surface area contributed by atoms with E-state index >= 15 is 0 Å². The Hall–Kier alpha value is -2.82. The summed E-state index contributed by atoms with van der Waals surface area (Å²) < 4.78 is 13.8. The average molecular weight is 325 g/mol. The van der Waals surface area contributed by atoms with Gasteiger partial charge < -0.3 is 5.32 Å². The first-order chi connectivity index (χ1) is 11.5. The molecule has 0 aliphatic carbocycles. The van der Waals surface area contributed by atoms with E-state index in [1.165, 1.54) is 18.3 Å². The normalized spacial score (nSPS) is 12.2. The number of anilines is 1. The Morgan fingerprint density at radius 2 is 2.08 bits per heavy atom. The number of hydrogen-bond donors (Lipinski definition) is 1. The van der Waals surface area contributed by atoms with E-state index in [9.17, 15) is 9.18 Å². The van der Waals surface area contributed by atoms with E-state index in [-0.39, 0.29) is 17.2 Å². The van der Waals surface area contributed by atoms with Gasteiger partial charge in [-0.15, -0.1) is 0 Å². The second-order valence-corrected chi connectivity index (χ2v) is 5.31. The summed E-state index contributed by atoms with van der Waals surface area (Å²) in [5, 5.41) is 3.01. The van der Waals surface area contributed by atoms with E-state index in [0.29, 0.717) is 11.3 Å². The lowest BCUT2D eigenvalue weighted by Gasteiger charge is -2.09. The number of ketones is 1. The molecule has 0 spiro atoms. The highest BCUT2D eigenvalue weighted by Gasteiger charge is 2.16. The van der Waals surface area contributed by atoms with Crippen LogP contribution < -0.4 is 5.32 Å². The largest absolute Gasteiger partial charge is 0.388 e. The van der Waals surface area contributed by atoms with E-state index in [1.54, 1.807) is 33.0 Å². The summed E-state index contributed by atoms with van der Waals surface area (Å²) in [6.45, 7) is 5.24. The molecule has 1 heterocycles. The lowest BCUT2D eigenvalue weighted by molar-refractivity contribution is 0.103. The van der Waals surface area contributed by atoms with Crippen molar-refractivity contribution in [1.29, 1.82) is 0 Å². The van der Waals surface area contributed by atoms with Gasteiger partial charge >= 0.3 is 0 Å². The smallest absolute Gasteiger partial charge is 0.211 e. The van der Waals surface area contributed by atoms with Gasteiger partial charge in [0.1, 0.15) is 11.4 Å². The van der Waals surface area contributed by atoms with Crippen LogP contribution in [-0.2, 0) is 0 Å². The molecule has 0 unspecified atom stereocenters. The monoisotopic (exact) mass is 325 g/mol. The van der Waals surface area contributed by atoms with Crippen LogP contribution in [0.15, 0.2) is 53.3 Å². The minimum absolute atomic E-state index is 0.144. The highest BCUT2D eigenvalue weighted by Crippen LogP contribution is 2.20. The van der Waals surface area contributed by atoms with Gasteiger partial charge in [0.05, 0.1) is 5.71 Å². The maximum absolute atomic E-state index is 13.8. The number of aliphatic imine (C=N–C) groups is 1. The number of pyridine rings is 1. The van der Waals surface area contributed by atoms with Crippen molar-refractivity contribution in [2.45, 2.75) is 20.8 Å². The molecule has 24 heavy (non-hydrogen) atoms. The Labute approximate surface area is 141 Å². The van der Waals surface area contributed by atoms with Gasteiger partial charge in [0, 0.05) is 24.5 Å². The fourth-order valence-electron chi connectivity index (χ4n) is 2.29. The van der Waals surface area contributed by atoms with E-state index in [2.05, 4.69) is 15.3 Å². The van der Waals surface area contributed by atoms with Gasteiger partial charge in [0.25, 0.3) is 0 Å². The van der Waals surface area contributed by atoms with Gasteiger partial charge in [-0.1, -0.05) is 12.1 Å². The number of Topliss-reactive ketones (excluding diaryl/α,β-unsaturated/α-hetero) is 1. The molecule has 5 heteroatoms. The maximum Gasteiger partial charge on any atom is 0.211 e. The first-order valence-electron chi connectivity index (χ1n) is 7.63. The minimum Gasteiger partial charge on any atom is -0.388 e. The number of hydrogen-bond acceptors (Lipinski definition) is 4. The number of allylic oxidation sites excluding steroid dienone is 2. The maximum atomic E-state index is 13.8. The Kier molecular flexibility index (Phi) is 5.58. The standard InChI is InChI=1S/C19H20FN3O/c1-5-17(23-13(3)18-16(20)7-6-10-22-18)19(24)15-11-14(21-4)9-8-12(15)2/h5-11,21H,1-4H3/b17-5-,23-13?. The average Bonchev–Trinajstić information content (AvgIpc) is 2.59. The van der Waals surface area contributed by atoms with Crippen LogP contribution in [-0.4, -0.2) is 23.5 Å².